The van der Waals surface area contributed by atoms with Crippen molar-refractivity contribution in [1.29, 1.82) is 0 Å². The van der Waals surface area contributed by atoms with Crippen molar-refractivity contribution in [3.8, 4) is 5.75 Å². The van der Waals surface area contributed by atoms with Crippen LogP contribution in [0.5, 0.6) is 5.75 Å². The van der Waals surface area contributed by atoms with Crippen molar-refractivity contribution in [3.63, 3.8) is 0 Å². The van der Waals surface area contributed by atoms with Crippen LogP contribution in [-0.4, -0.2) is 27.6 Å². The van der Waals surface area contributed by atoms with Crippen LogP contribution in [0.25, 0.3) is 0 Å². The number of sulfonamides is 1. The maximum Gasteiger partial charge on any atom is 0.323 e. The smallest absolute Gasteiger partial charge is 0.323 e. The summed E-state index contributed by atoms with van der Waals surface area (Å²) in [5.74, 6) is 0.594. The summed E-state index contributed by atoms with van der Waals surface area (Å²) in [5.41, 5.74) is 3.67. The Morgan fingerprint density at radius 2 is 1.78 bits per heavy atom. The molecule has 7 nitrogen and oxygen atoms in total. The Bertz CT molecular complexity index is 1240. The summed E-state index contributed by atoms with van der Waals surface area (Å²) in [6.07, 6.45) is 0.574. The van der Waals surface area contributed by atoms with Gasteiger partial charge in [-0.05, 0) is 68.3 Å². The molecule has 0 saturated heterocycles. The lowest BCUT2D eigenvalue weighted by molar-refractivity contribution is 0.262. The number of aryl methyl sites for hydroxylation is 1. The molecule has 3 aromatic rings. The lowest BCUT2D eigenvalue weighted by atomic mass is 10.1. The minimum Gasteiger partial charge on any atom is -0.492 e. The van der Waals surface area contributed by atoms with E-state index in [4.69, 9.17) is 4.74 Å². The number of nitrogens with one attached hydrogen (secondary N) is 2. The molecule has 0 saturated carbocycles. The lowest BCUT2D eigenvalue weighted by Crippen LogP contribution is -2.29. The SMILES string of the molecule is CCOc1ccccc1NC(=O)Nc1ccc2c(c1)CCN2S(=O)(=O)c1ccc(C)cc1. The van der Waals surface area contributed by atoms with Crippen molar-refractivity contribution in [2.24, 2.45) is 0 Å². The first-order valence-corrected chi connectivity index (χ1v) is 11.8. The molecule has 32 heavy (non-hydrogen) atoms. The normalized spacial score (nSPS) is 12.9. The zero-order valence-corrected chi connectivity index (χ0v) is 18.8. The van der Waals surface area contributed by atoms with Gasteiger partial charge in [-0.15, -0.1) is 0 Å². The van der Waals surface area contributed by atoms with Crippen LogP contribution < -0.4 is 19.7 Å². The summed E-state index contributed by atoms with van der Waals surface area (Å²) in [4.78, 5) is 12.8. The van der Waals surface area contributed by atoms with E-state index >= 15 is 0 Å². The fourth-order valence-electron chi connectivity index (χ4n) is 3.67. The number of ether oxygens (including phenoxy) is 1. The number of nitrogens with zero attached hydrogens (tertiary/aromatic N) is 1. The molecule has 0 unspecified atom stereocenters. The highest BCUT2D eigenvalue weighted by molar-refractivity contribution is 7.92. The van der Waals surface area contributed by atoms with Gasteiger partial charge in [0, 0.05) is 12.2 Å². The van der Waals surface area contributed by atoms with E-state index in [9.17, 15) is 13.2 Å². The predicted octanol–water partition coefficient (Wildman–Crippen LogP) is 4.79. The summed E-state index contributed by atoms with van der Waals surface area (Å²) in [6, 6.07) is 18.9. The number of hydrogen-bond acceptors (Lipinski definition) is 4. The Morgan fingerprint density at radius 3 is 2.53 bits per heavy atom. The van der Waals surface area contributed by atoms with Crippen LogP contribution in [-0.2, 0) is 16.4 Å². The maximum atomic E-state index is 13.1. The van der Waals surface area contributed by atoms with Crippen molar-refractivity contribution < 1.29 is 17.9 Å². The lowest BCUT2D eigenvalue weighted by Gasteiger charge is -2.20. The summed E-state index contributed by atoms with van der Waals surface area (Å²) in [7, 11) is -3.64. The molecule has 0 aromatic heterocycles. The Balaban J connectivity index is 1.49. The van der Waals surface area contributed by atoms with Crippen molar-refractivity contribution >= 4 is 33.1 Å². The molecule has 1 heterocycles. The number of anilines is 3. The molecule has 0 bridgehead atoms. The zero-order valence-electron chi connectivity index (χ0n) is 18.0. The third kappa shape index (κ3) is 4.40. The molecule has 0 aliphatic carbocycles. The second-order valence-electron chi connectivity index (χ2n) is 7.49. The number of para-hydroxylation sites is 2. The molecular formula is C24H25N3O4S. The van der Waals surface area contributed by atoms with Crippen LogP contribution in [0.2, 0.25) is 0 Å². The average molecular weight is 452 g/mol. The largest absolute Gasteiger partial charge is 0.492 e. The number of carbonyl (C=O) groups is 1. The van der Waals surface area contributed by atoms with E-state index in [-0.39, 0.29) is 4.90 Å². The summed E-state index contributed by atoms with van der Waals surface area (Å²) < 4.78 is 33.1. The van der Waals surface area contributed by atoms with Crippen molar-refractivity contribution in [3.05, 3.63) is 77.9 Å². The Labute approximate surface area is 188 Å². The van der Waals surface area contributed by atoms with Gasteiger partial charge in [0.15, 0.2) is 0 Å². The minimum atomic E-state index is -3.64. The molecule has 4 rings (SSSR count). The standard InChI is InChI=1S/C24H25N3O4S/c1-3-31-23-7-5-4-6-21(23)26-24(28)25-19-10-13-22-18(16-19)14-15-27(22)32(29,30)20-11-8-17(2)9-12-20/h4-13,16H,3,14-15H2,1-2H3,(H2,25,26,28). The summed E-state index contributed by atoms with van der Waals surface area (Å²) in [5, 5.41) is 5.60. The summed E-state index contributed by atoms with van der Waals surface area (Å²) >= 11 is 0. The minimum absolute atomic E-state index is 0.269. The number of hydrogen-bond donors (Lipinski definition) is 2. The van der Waals surface area contributed by atoms with E-state index in [1.54, 1.807) is 48.5 Å². The number of urea groups is 1. The van der Waals surface area contributed by atoms with Gasteiger partial charge in [-0.1, -0.05) is 29.8 Å². The first kappa shape index (κ1) is 21.7. The van der Waals surface area contributed by atoms with Crippen LogP contribution >= 0.6 is 0 Å². The van der Waals surface area contributed by atoms with Gasteiger partial charge in [-0.2, -0.15) is 0 Å². The van der Waals surface area contributed by atoms with Crippen LogP contribution in [0.4, 0.5) is 21.9 Å². The van der Waals surface area contributed by atoms with Gasteiger partial charge in [0.2, 0.25) is 0 Å². The predicted molar refractivity (Wildman–Crippen MR) is 126 cm³/mol. The number of benzene rings is 3. The van der Waals surface area contributed by atoms with Gasteiger partial charge in [0.25, 0.3) is 10.0 Å². The topological polar surface area (TPSA) is 87.7 Å². The Hall–Kier alpha value is -3.52. The molecule has 0 spiro atoms. The average Bonchev–Trinajstić information content (AvgIpc) is 3.20. The number of carbonyl (C=O) groups excluding carboxylic acids is 1. The molecule has 166 valence electrons. The fraction of sp³-hybridized carbons (Fsp3) is 0.208. The fourth-order valence-corrected chi connectivity index (χ4v) is 5.18. The van der Waals surface area contributed by atoms with Gasteiger partial charge >= 0.3 is 6.03 Å². The Kier molecular flexibility index (Phi) is 6.05. The molecule has 0 fully saturated rings. The molecule has 8 heteroatoms. The molecule has 3 aromatic carbocycles. The van der Waals surface area contributed by atoms with Crippen LogP contribution in [0.15, 0.2) is 71.6 Å². The third-order valence-electron chi connectivity index (χ3n) is 5.23. The van der Waals surface area contributed by atoms with Crippen LogP contribution in [0, 0.1) is 6.92 Å². The molecule has 0 radical (unpaired) electrons. The summed E-state index contributed by atoms with van der Waals surface area (Å²) in [6.45, 7) is 4.65. The quantitative estimate of drug-likeness (QED) is 0.564. The van der Waals surface area contributed by atoms with E-state index in [1.807, 2.05) is 32.0 Å². The second-order valence-corrected chi connectivity index (χ2v) is 9.35. The van der Waals surface area contributed by atoms with E-state index in [0.717, 1.165) is 11.1 Å². The van der Waals surface area contributed by atoms with Gasteiger partial charge in [-0.3, -0.25) is 4.31 Å². The first-order valence-electron chi connectivity index (χ1n) is 10.4. The number of fused-ring (bicyclic) bond motifs is 1. The maximum absolute atomic E-state index is 13.1. The number of amides is 2. The van der Waals surface area contributed by atoms with E-state index in [1.165, 1.54) is 4.31 Å². The van der Waals surface area contributed by atoms with Crippen LogP contribution in [0.1, 0.15) is 18.1 Å². The van der Waals surface area contributed by atoms with Crippen molar-refractivity contribution in [2.45, 2.75) is 25.2 Å². The van der Waals surface area contributed by atoms with E-state index in [0.29, 0.717) is 42.4 Å². The Morgan fingerprint density at radius 1 is 1.03 bits per heavy atom. The van der Waals surface area contributed by atoms with Crippen molar-refractivity contribution in [2.75, 3.05) is 28.1 Å². The molecule has 0 atom stereocenters. The van der Waals surface area contributed by atoms with Gasteiger partial charge in [0.1, 0.15) is 5.75 Å². The first-order chi connectivity index (χ1) is 15.4. The van der Waals surface area contributed by atoms with Gasteiger partial charge in [0.05, 0.1) is 22.9 Å². The third-order valence-corrected chi connectivity index (χ3v) is 7.06. The highest BCUT2D eigenvalue weighted by atomic mass is 32.2. The second kappa shape index (κ2) is 8.92. The monoisotopic (exact) mass is 451 g/mol. The highest BCUT2D eigenvalue weighted by Crippen LogP contribution is 2.35. The van der Waals surface area contributed by atoms with Crippen molar-refractivity contribution in [1.82, 2.24) is 0 Å². The number of rotatable bonds is 6. The van der Waals surface area contributed by atoms with E-state index in [2.05, 4.69) is 10.6 Å². The van der Waals surface area contributed by atoms with E-state index < -0.39 is 16.1 Å². The molecule has 2 amide bonds. The van der Waals surface area contributed by atoms with Gasteiger partial charge in [-0.25, -0.2) is 13.2 Å². The molecule has 1 aliphatic heterocycles. The van der Waals surface area contributed by atoms with Gasteiger partial charge < -0.3 is 15.4 Å². The molecular weight excluding hydrogens is 426 g/mol. The molecule has 2 N–H and O–H groups in total. The molecule has 1 aliphatic rings. The highest BCUT2D eigenvalue weighted by Gasteiger charge is 2.31. The van der Waals surface area contributed by atoms with Crippen LogP contribution in [0.3, 0.4) is 0 Å². The zero-order chi connectivity index (χ0) is 22.7.